The number of aromatic nitrogens is 1. The monoisotopic (exact) mass is 412 g/mol. The lowest BCUT2D eigenvalue weighted by Gasteiger charge is -2.26. The highest BCUT2D eigenvalue weighted by molar-refractivity contribution is 7.99. The molecule has 0 aliphatic carbocycles. The number of benzene rings is 2. The van der Waals surface area contributed by atoms with Crippen LogP contribution in [-0.4, -0.2) is 40.7 Å². The van der Waals surface area contributed by atoms with Crippen molar-refractivity contribution >= 4 is 34.4 Å². The maximum Gasteiger partial charge on any atom is 0.203 e. The zero-order valence-electron chi connectivity index (χ0n) is 15.3. The van der Waals surface area contributed by atoms with E-state index in [0.717, 1.165) is 58.7 Å². The summed E-state index contributed by atoms with van der Waals surface area (Å²) < 4.78 is 13.8. The summed E-state index contributed by atoms with van der Waals surface area (Å²) in [6.45, 7) is 2.82. The first-order chi connectivity index (χ1) is 13.8. The normalized spacial score (nSPS) is 15.2. The van der Waals surface area contributed by atoms with Gasteiger partial charge in [-0.05, 0) is 23.3 Å². The van der Waals surface area contributed by atoms with Crippen molar-refractivity contribution in [1.29, 1.82) is 0 Å². The van der Waals surface area contributed by atoms with Crippen LogP contribution in [0.2, 0.25) is 0 Å². The fourth-order valence-corrected chi connectivity index (χ4v) is 4.71. The van der Waals surface area contributed by atoms with Gasteiger partial charge >= 0.3 is 0 Å². The van der Waals surface area contributed by atoms with Crippen molar-refractivity contribution in [2.75, 3.05) is 30.0 Å². The van der Waals surface area contributed by atoms with E-state index in [-0.39, 0.29) is 5.82 Å². The summed E-state index contributed by atoms with van der Waals surface area (Å²) in [5.74, 6) is 2.06. The third kappa shape index (κ3) is 4.98. The average Bonchev–Trinajstić information content (AvgIpc) is 3.20. The molecule has 2 heterocycles. The number of hydrogen-bond acceptors (Lipinski definition) is 6. The van der Waals surface area contributed by atoms with Crippen LogP contribution in [0.25, 0.3) is 11.3 Å². The van der Waals surface area contributed by atoms with Crippen LogP contribution >= 0.6 is 23.1 Å². The highest BCUT2D eigenvalue weighted by atomic mass is 32.2. The van der Waals surface area contributed by atoms with Gasteiger partial charge in [0, 0.05) is 42.1 Å². The van der Waals surface area contributed by atoms with Gasteiger partial charge in [0.2, 0.25) is 5.13 Å². The zero-order valence-corrected chi connectivity index (χ0v) is 17.0. The van der Waals surface area contributed by atoms with E-state index in [2.05, 4.69) is 20.4 Å². The molecule has 4 nitrogen and oxygen atoms in total. The second-order valence-corrected chi connectivity index (χ2v) is 8.59. The molecule has 0 bridgehead atoms. The summed E-state index contributed by atoms with van der Waals surface area (Å²) in [5, 5.41) is 7.06. The maximum absolute atomic E-state index is 13.8. The average molecular weight is 413 g/mol. The van der Waals surface area contributed by atoms with Crippen LogP contribution in [0, 0.1) is 5.82 Å². The predicted molar refractivity (Wildman–Crippen MR) is 118 cm³/mol. The summed E-state index contributed by atoms with van der Waals surface area (Å²) in [5.41, 5.74) is 6.88. The number of anilines is 1. The van der Waals surface area contributed by atoms with Crippen molar-refractivity contribution < 1.29 is 4.39 Å². The van der Waals surface area contributed by atoms with Gasteiger partial charge in [0.25, 0.3) is 0 Å². The highest BCUT2D eigenvalue weighted by Gasteiger charge is 2.13. The minimum atomic E-state index is -0.209. The number of hydrazone groups is 1. The lowest BCUT2D eigenvalue weighted by atomic mass is 10.1. The maximum atomic E-state index is 13.8. The van der Waals surface area contributed by atoms with E-state index < -0.39 is 0 Å². The number of nitrogens with one attached hydrogen (secondary N) is 1. The summed E-state index contributed by atoms with van der Waals surface area (Å²) in [7, 11) is 0. The fourth-order valence-electron chi connectivity index (χ4n) is 3.06. The van der Waals surface area contributed by atoms with Crippen molar-refractivity contribution in [3.63, 3.8) is 0 Å². The Morgan fingerprint density at radius 2 is 1.96 bits per heavy atom. The minimum absolute atomic E-state index is 0.209. The molecule has 7 heteroatoms. The number of rotatable bonds is 6. The number of thioether (sulfide) groups is 1. The van der Waals surface area contributed by atoms with Gasteiger partial charge in [-0.3, -0.25) is 10.3 Å². The van der Waals surface area contributed by atoms with Gasteiger partial charge < -0.3 is 0 Å². The van der Waals surface area contributed by atoms with Crippen molar-refractivity contribution in [2.24, 2.45) is 5.10 Å². The number of halogens is 1. The molecule has 1 N–H and O–H groups in total. The van der Waals surface area contributed by atoms with Crippen LogP contribution in [0.15, 0.2) is 59.0 Å². The number of hydrogen-bond donors (Lipinski definition) is 1. The molecule has 1 aliphatic rings. The van der Waals surface area contributed by atoms with Crippen LogP contribution in [0.4, 0.5) is 9.52 Å². The SMILES string of the molecule is Fc1ccc(C=NNc2nc(-c3ccccc3)cs2)c(CN2CCSCC2)c1. The molecule has 1 fully saturated rings. The van der Waals surface area contributed by atoms with Gasteiger partial charge in [0.15, 0.2) is 0 Å². The molecule has 1 saturated heterocycles. The first-order valence-electron chi connectivity index (χ1n) is 9.16. The summed E-state index contributed by atoms with van der Waals surface area (Å²) >= 11 is 3.48. The fraction of sp³-hybridized carbons (Fsp3) is 0.238. The first kappa shape index (κ1) is 19.1. The van der Waals surface area contributed by atoms with Gasteiger partial charge in [0.1, 0.15) is 5.82 Å². The van der Waals surface area contributed by atoms with Gasteiger partial charge in [-0.25, -0.2) is 9.37 Å². The van der Waals surface area contributed by atoms with Crippen LogP contribution in [-0.2, 0) is 6.54 Å². The minimum Gasteiger partial charge on any atom is -0.297 e. The Hall–Kier alpha value is -2.22. The molecule has 1 aromatic heterocycles. The molecule has 4 rings (SSSR count). The van der Waals surface area contributed by atoms with Crippen molar-refractivity contribution in [3.05, 3.63) is 70.9 Å². The Morgan fingerprint density at radius 1 is 1.14 bits per heavy atom. The Labute approximate surface area is 172 Å². The van der Waals surface area contributed by atoms with Gasteiger partial charge in [-0.2, -0.15) is 16.9 Å². The second-order valence-electron chi connectivity index (χ2n) is 6.51. The second kappa shape index (κ2) is 9.32. The Morgan fingerprint density at radius 3 is 2.79 bits per heavy atom. The molecule has 3 aromatic rings. The Balaban J connectivity index is 1.44. The number of thiazole rings is 1. The smallest absolute Gasteiger partial charge is 0.203 e. The summed E-state index contributed by atoms with van der Waals surface area (Å²) in [6, 6.07) is 14.9. The predicted octanol–water partition coefficient (Wildman–Crippen LogP) is 4.94. The van der Waals surface area contributed by atoms with E-state index in [1.54, 1.807) is 18.3 Å². The van der Waals surface area contributed by atoms with Crippen LogP contribution in [0.1, 0.15) is 11.1 Å². The van der Waals surface area contributed by atoms with Crippen LogP contribution in [0.5, 0.6) is 0 Å². The molecule has 2 aromatic carbocycles. The standard InChI is InChI=1S/C21H21FN4S2/c22-19-7-6-17(18(12-19)14-26-8-10-27-11-9-26)13-23-25-21-24-20(15-28-21)16-4-2-1-3-5-16/h1-7,12-13,15H,8-11,14H2,(H,24,25). The Bertz CT molecular complexity index is 937. The lowest BCUT2D eigenvalue weighted by Crippen LogP contribution is -2.32. The molecule has 0 radical (unpaired) electrons. The molecular formula is C21H21FN4S2. The molecule has 0 spiro atoms. The summed E-state index contributed by atoms with van der Waals surface area (Å²) in [4.78, 5) is 6.93. The van der Waals surface area contributed by atoms with E-state index in [1.165, 1.54) is 17.4 Å². The third-order valence-corrected chi connectivity index (χ3v) is 6.23. The molecule has 28 heavy (non-hydrogen) atoms. The molecule has 0 atom stereocenters. The Kier molecular flexibility index (Phi) is 6.36. The van der Waals surface area contributed by atoms with Crippen molar-refractivity contribution in [2.45, 2.75) is 6.54 Å². The van der Waals surface area contributed by atoms with Crippen LogP contribution < -0.4 is 5.43 Å². The van der Waals surface area contributed by atoms with Crippen molar-refractivity contribution in [3.8, 4) is 11.3 Å². The largest absolute Gasteiger partial charge is 0.297 e. The van der Waals surface area contributed by atoms with E-state index >= 15 is 0 Å². The van der Waals surface area contributed by atoms with Crippen LogP contribution in [0.3, 0.4) is 0 Å². The number of nitrogens with zero attached hydrogens (tertiary/aromatic N) is 3. The van der Waals surface area contributed by atoms with E-state index in [1.807, 2.05) is 47.5 Å². The topological polar surface area (TPSA) is 40.5 Å². The van der Waals surface area contributed by atoms with Gasteiger partial charge in [0.05, 0.1) is 11.9 Å². The molecular weight excluding hydrogens is 391 g/mol. The van der Waals surface area contributed by atoms with E-state index in [0.29, 0.717) is 0 Å². The molecule has 144 valence electrons. The first-order valence-corrected chi connectivity index (χ1v) is 11.2. The molecule has 0 unspecified atom stereocenters. The van der Waals surface area contributed by atoms with Gasteiger partial charge in [-0.1, -0.05) is 36.4 Å². The summed E-state index contributed by atoms with van der Waals surface area (Å²) in [6.07, 6.45) is 1.75. The van der Waals surface area contributed by atoms with E-state index in [9.17, 15) is 4.39 Å². The highest BCUT2D eigenvalue weighted by Crippen LogP contribution is 2.24. The lowest BCUT2D eigenvalue weighted by molar-refractivity contribution is 0.294. The van der Waals surface area contributed by atoms with E-state index in [4.69, 9.17) is 0 Å². The molecule has 0 amide bonds. The van der Waals surface area contributed by atoms with Gasteiger partial charge in [-0.15, -0.1) is 11.3 Å². The molecule has 1 aliphatic heterocycles. The molecule has 0 saturated carbocycles. The zero-order chi connectivity index (χ0) is 19.2. The third-order valence-electron chi connectivity index (χ3n) is 4.54. The quantitative estimate of drug-likeness (QED) is 0.460. The van der Waals surface area contributed by atoms with Crippen molar-refractivity contribution in [1.82, 2.24) is 9.88 Å².